The molecule has 0 N–H and O–H groups in total. The van der Waals surface area contributed by atoms with Crippen LogP contribution >= 0.6 is 0 Å². The topological polar surface area (TPSA) is 65.1 Å². The molecule has 1 fully saturated rings. The van der Waals surface area contributed by atoms with E-state index in [2.05, 4.69) is 0 Å². The van der Waals surface area contributed by atoms with E-state index in [1.807, 2.05) is 37.3 Å². The molecule has 2 aliphatic rings. The van der Waals surface area contributed by atoms with Crippen LogP contribution in [0, 0.1) is 0 Å². The van der Waals surface area contributed by atoms with Gasteiger partial charge < -0.3 is 19.1 Å². The Bertz CT molecular complexity index is 869. The number of likely N-dealkylation sites (tertiary alicyclic amines) is 1. The number of piperidine rings is 1. The van der Waals surface area contributed by atoms with Crippen molar-refractivity contribution < 1.29 is 23.8 Å². The van der Waals surface area contributed by atoms with Crippen LogP contribution in [-0.2, 0) is 15.1 Å². The molecule has 2 aromatic rings. The predicted octanol–water partition coefficient (Wildman–Crippen LogP) is 3.15. The van der Waals surface area contributed by atoms with Crippen LogP contribution in [0.3, 0.4) is 0 Å². The first-order chi connectivity index (χ1) is 13.6. The summed E-state index contributed by atoms with van der Waals surface area (Å²) in [6, 6.07) is 14.7. The highest BCUT2D eigenvalue weighted by molar-refractivity contribution is 5.94. The largest absolute Gasteiger partial charge is 0.494 e. The van der Waals surface area contributed by atoms with E-state index < -0.39 is 5.60 Å². The number of hydrogen-bond acceptors (Lipinski definition) is 5. The Labute approximate surface area is 164 Å². The second kappa shape index (κ2) is 7.54. The molecule has 4 rings (SSSR count). The van der Waals surface area contributed by atoms with Crippen LogP contribution in [-0.4, -0.2) is 43.1 Å². The van der Waals surface area contributed by atoms with Crippen molar-refractivity contribution in [3.8, 4) is 11.5 Å². The second-order valence-corrected chi connectivity index (χ2v) is 7.00. The molecule has 0 bridgehead atoms. The van der Waals surface area contributed by atoms with Gasteiger partial charge in [-0.05, 0) is 37.3 Å². The molecule has 0 aliphatic carbocycles. The lowest BCUT2D eigenvalue weighted by Crippen LogP contribution is -2.46. The number of carbonyl (C=O) groups is 2. The van der Waals surface area contributed by atoms with Gasteiger partial charge in [-0.2, -0.15) is 0 Å². The summed E-state index contributed by atoms with van der Waals surface area (Å²) in [5, 5.41) is 0. The highest BCUT2D eigenvalue weighted by Crippen LogP contribution is 2.43. The third kappa shape index (κ3) is 3.42. The Kier molecular flexibility index (Phi) is 4.94. The third-order valence-corrected chi connectivity index (χ3v) is 5.35. The summed E-state index contributed by atoms with van der Waals surface area (Å²) in [6.07, 6.45) is 1.20. The highest BCUT2D eigenvalue weighted by atomic mass is 16.6. The molecule has 1 spiro atoms. The molecule has 0 unspecified atom stereocenters. The van der Waals surface area contributed by atoms with Crippen LogP contribution in [0.1, 0.15) is 35.7 Å². The average molecular weight is 381 g/mol. The van der Waals surface area contributed by atoms with Gasteiger partial charge in [-0.3, -0.25) is 4.79 Å². The zero-order valence-electron chi connectivity index (χ0n) is 15.8. The van der Waals surface area contributed by atoms with Gasteiger partial charge in [0.2, 0.25) is 0 Å². The normalized spacial score (nSPS) is 17.2. The van der Waals surface area contributed by atoms with Gasteiger partial charge in [0.05, 0.1) is 12.2 Å². The molecular weight excluding hydrogens is 358 g/mol. The summed E-state index contributed by atoms with van der Waals surface area (Å²) in [7, 11) is 0. The standard InChI is InChI=1S/C22H23NO5/c1-2-26-16-7-9-17(10-8-16)27-15-20(24)23-13-11-22(12-14-23)19-6-4-3-5-18(19)21(25)28-22/h3-10H,2,11-15H2,1H3. The Morgan fingerprint density at radius 3 is 2.36 bits per heavy atom. The van der Waals surface area contributed by atoms with Crippen molar-refractivity contribution in [1.82, 2.24) is 4.90 Å². The summed E-state index contributed by atoms with van der Waals surface area (Å²) < 4.78 is 16.7. The molecule has 146 valence electrons. The SMILES string of the molecule is CCOc1ccc(OCC(=O)N2CCC3(CC2)OC(=O)c2ccccc23)cc1. The third-order valence-electron chi connectivity index (χ3n) is 5.35. The smallest absolute Gasteiger partial charge is 0.339 e. The van der Waals surface area contributed by atoms with Crippen LogP contribution < -0.4 is 9.47 Å². The number of rotatable bonds is 5. The molecule has 2 aliphatic heterocycles. The van der Waals surface area contributed by atoms with Crippen molar-refractivity contribution in [2.24, 2.45) is 0 Å². The summed E-state index contributed by atoms with van der Waals surface area (Å²) in [6.45, 7) is 3.59. The Morgan fingerprint density at radius 2 is 1.68 bits per heavy atom. The van der Waals surface area contributed by atoms with Crippen LogP contribution in [0.4, 0.5) is 0 Å². The highest BCUT2D eigenvalue weighted by Gasteiger charge is 2.47. The van der Waals surface area contributed by atoms with Gasteiger partial charge in [0, 0.05) is 31.5 Å². The summed E-state index contributed by atoms with van der Waals surface area (Å²) in [4.78, 5) is 26.4. The molecule has 6 heteroatoms. The fourth-order valence-electron chi connectivity index (χ4n) is 3.87. The maximum Gasteiger partial charge on any atom is 0.339 e. The molecule has 28 heavy (non-hydrogen) atoms. The zero-order valence-corrected chi connectivity index (χ0v) is 15.8. The van der Waals surface area contributed by atoms with E-state index in [4.69, 9.17) is 14.2 Å². The first-order valence-electron chi connectivity index (χ1n) is 9.57. The minimum atomic E-state index is -0.597. The van der Waals surface area contributed by atoms with Gasteiger partial charge in [-0.15, -0.1) is 0 Å². The van der Waals surface area contributed by atoms with E-state index in [1.165, 1.54) is 0 Å². The summed E-state index contributed by atoms with van der Waals surface area (Å²) in [5.41, 5.74) is 0.985. The molecular formula is C22H23NO5. The molecule has 0 radical (unpaired) electrons. The predicted molar refractivity (Wildman–Crippen MR) is 102 cm³/mol. The van der Waals surface area contributed by atoms with E-state index in [0.717, 1.165) is 11.3 Å². The van der Waals surface area contributed by atoms with Gasteiger partial charge in [0.15, 0.2) is 6.61 Å². The molecule has 2 heterocycles. The van der Waals surface area contributed by atoms with Crippen molar-refractivity contribution in [3.05, 3.63) is 59.7 Å². The van der Waals surface area contributed by atoms with E-state index >= 15 is 0 Å². The minimum absolute atomic E-state index is 0.0165. The van der Waals surface area contributed by atoms with E-state index in [1.54, 1.807) is 23.1 Å². The monoisotopic (exact) mass is 381 g/mol. The maximum atomic E-state index is 12.5. The first kappa shape index (κ1) is 18.3. The number of fused-ring (bicyclic) bond motifs is 2. The first-order valence-corrected chi connectivity index (χ1v) is 9.57. The fourth-order valence-corrected chi connectivity index (χ4v) is 3.87. The number of carbonyl (C=O) groups excluding carboxylic acids is 2. The lowest BCUT2D eigenvalue weighted by Gasteiger charge is -2.38. The number of benzene rings is 2. The minimum Gasteiger partial charge on any atom is -0.494 e. The molecule has 0 aromatic heterocycles. The van der Waals surface area contributed by atoms with Crippen LogP contribution in [0.2, 0.25) is 0 Å². The lowest BCUT2D eigenvalue weighted by atomic mass is 9.84. The van der Waals surface area contributed by atoms with E-state index in [0.29, 0.717) is 43.9 Å². The fraction of sp³-hybridized carbons (Fsp3) is 0.364. The maximum absolute atomic E-state index is 12.5. The Morgan fingerprint density at radius 1 is 1.04 bits per heavy atom. The number of ether oxygens (including phenoxy) is 3. The molecule has 6 nitrogen and oxygen atoms in total. The molecule has 0 saturated carbocycles. The second-order valence-electron chi connectivity index (χ2n) is 7.00. The van der Waals surface area contributed by atoms with Crippen molar-refractivity contribution in [2.45, 2.75) is 25.4 Å². The van der Waals surface area contributed by atoms with Gasteiger partial charge >= 0.3 is 5.97 Å². The van der Waals surface area contributed by atoms with Crippen molar-refractivity contribution in [1.29, 1.82) is 0 Å². The number of esters is 1. The number of amides is 1. The van der Waals surface area contributed by atoms with Crippen LogP contribution in [0.15, 0.2) is 48.5 Å². The quantitative estimate of drug-likeness (QED) is 0.745. The van der Waals surface area contributed by atoms with Gasteiger partial charge in [-0.25, -0.2) is 4.79 Å². The molecule has 2 aromatic carbocycles. The van der Waals surface area contributed by atoms with Gasteiger partial charge in [0.25, 0.3) is 5.91 Å². The van der Waals surface area contributed by atoms with Gasteiger partial charge in [-0.1, -0.05) is 18.2 Å². The van der Waals surface area contributed by atoms with E-state index in [9.17, 15) is 9.59 Å². The van der Waals surface area contributed by atoms with E-state index in [-0.39, 0.29) is 18.5 Å². The van der Waals surface area contributed by atoms with Crippen LogP contribution in [0.25, 0.3) is 0 Å². The lowest BCUT2D eigenvalue weighted by molar-refractivity contribution is -0.137. The summed E-state index contributed by atoms with van der Waals surface area (Å²) >= 11 is 0. The zero-order chi connectivity index (χ0) is 19.6. The summed E-state index contributed by atoms with van der Waals surface area (Å²) in [5.74, 6) is 1.06. The Hall–Kier alpha value is -3.02. The average Bonchev–Trinajstić information content (AvgIpc) is 3.00. The van der Waals surface area contributed by atoms with Crippen molar-refractivity contribution >= 4 is 11.9 Å². The number of nitrogens with zero attached hydrogens (tertiary/aromatic N) is 1. The molecule has 1 amide bonds. The number of hydrogen-bond donors (Lipinski definition) is 0. The van der Waals surface area contributed by atoms with Crippen LogP contribution in [0.5, 0.6) is 11.5 Å². The Balaban J connectivity index is 1.33. The molecule has 1 saturated heterocycles. The van der Waals surface area contributed by atoms with Crippen molar-refractivity contribution in [2.75, 3.05) is 26.3 Å². The molecule has 0 atom stereocenters. The van der Waals surface area contributed by atoms with Gasteiger partial charge in [0.1, 0.15) is 17.1 Å². The van der Waals surface area contributed by atoms with Crippen molar-refractivity contribution in [3.63, 3.8) is 0 Å².